The van der Waals surface area contributed by atoms with Crippen LogP contribution in [0.2, 0.25) is 0 Å². The first kappa shape index (κ1) is 50.1. The van der Waals surface area contributed by atoms with Crippen molar-refractivity contribution in [1.29, 1.82) is 0 Å². The lowest BCUT2D eigenvalue weighted by Gasteiger charge is -2.40. The standard InChI is InChI=1S/C26H43N5O23P2.2H3N/c27-26-29-21-12(22(41)30-26)28-8-31(21)23-18(38)15(35)11(50-23)7-49-55(42,43)54-56(44,45)53-25-20(40)17(37)14(34)10(52-25)6-47-4-3-46-5-9-13(33)16(36)19(39)24(51-9)48-2-1-32;;/h8-11,13-20,23-25,32-40H,1-7H2,(H,42,43)(H,44,45)(H3,27,29,30,41);2*1H3/t9-,10+,11-,13+,14-,15-,16+,17-,18-,19-,20+,23-,24-,25-;;/m1../s1. The normalized spacial score (nSPS) is 36.1. The third kappa shape index (κ3) is 11.8. The van der Waals surface area contributed by atoms with Crippen molar-refractivity contribution in [1.82, 2.24) is 31.8 Å². The highest BCUT2D eigenvalue weighted by molar-refractivity contribution is 7.61. The number of phosphoric acid groups is 2. The van der Waals surface area contributed by atoms with E-state index in [1.807, 2.05) is 0 Å². The number of fused-ring (bicyclic) bond motifs is 1. The fourth-order valence-corrected chi connectivity index (χ4v) is 7.87. The van der Waals surface area contributed by atoms with Crippen LogP contribution >= 0.6 is 15.6 Å². The summed E-state index contributed by atoms with van der Waals surface area (Å²) in [4.78, 5) is 42.4. The molecule has 0 aromatic carbocycles. The quantitative estimate of drug-likeness (QED) is 0.0489. The Hall–Kier alpha value is -2.27. The Morgan fingerprint density at radius 3 is 1.86 bits per heavy atom. The van der Waals surface area contributed by atoms with Gasteiger partial charge in [0, 0.05) is 0 Å². The molecule has 32 heteroatoms. The van der Waals surface area contributed by atoms with Gasteiger partial charge in [-0.2, -0.15) is 9.29 Å². The van der Waals surface area contributed by atoms with Gasteiger partial charge in [-0.3, -0.25) is 23.4 Å². The number of aliphatic hydroxyl groups is 9. The minimum absolute atomic E-state index is 0. The van der Waals surface area contributed by atoms with Crippen LogP contribution in [0.15, 0.2) is 11.1 Å². The van der Waals surface area contributed by atoms with Gasteiger partial charge in [-0.05, 0) is 0 Å². The fourth-order valence-electron chi connectivity index (χ4n) is 5.72. The molecule has 5 rings (SSSR count). The minimum Gasteiger partial charge on any atom is -0.394 e. The van der Waals surface area contributed by atoms with E-state index in [0.29, 0.717) is 0 Å². The second-order valence-corrected chi connectivity index (χ2v) is 15.5. The predicted octanol–water partition coefficient (Wildman–Crippen LogP) is -6.45. The number of aromatic nitrogens is 4. The van der Waals surface area contributed by atoms with Crippen LogP contribution in [-0.4, -0.2) is 201 Å². The largest absolute Gasteiger partial charge is 0.483 e. The van der Waals surface area contributed by atoms with Crippen molar-refractivity contribution in [3.8, 4) is 0 Å². The Balaban J connectivity index is 0.00000450. The molecule has 0 amide bonds. The topological polar surface area (TPSA) is 499 Å². The van der Waals surface area contributed by atoms with Gasteiger partial charge in [-0.25, -0.2) is 14.1 Å². The van der Waals surface area contributed by atoms with Crippen LogP contribution in [0.4, 0.5) is 5.95 Å². The van der Waals surface area contributed by atoms with Crippen LogP contribution in [0.1, 0.15) is 6.23 Å². The number of nitrogen functional groups attached to an aromatic ring is 1. The zero-order chi connectivity index (χ0) is 41.1. The molecule has 336 valence electrons. The zero-order valence-electron chi connectivity index (χ0n) is 30.2. The number of anilines is 1. The molecule has 0 aliphatic carbocycles. The molecule has 0 bridgehead atoms. The van der Waals surface area contributed by atoms with Crippen LogP contribution in [0.5, 0.6) is 0 Å². The summed E-state index contributed by atoms with van der Waals surface area (Å²) in [5.41, 5.74) is 4.51. The van der Waals surface area contributed by atoms with Crippen LogP contribution in [0.3, 0.4) is 0 Å². The van der Waals surface area contributed by atoms with Crippen molar-refractivity contribution in [2.24, 2.45) is 0 Å². The molecule has 2 aromatic heterocycles. The maximum Gasteiger partial charge on any atom is 0.483 e. The van der Waals surface area contributed by atoms with Crippen LogP contribution in [-0.2, 0) is 50.9 Å². The molecule has 58 heavy (non-hydrogen) atoms. The maximum atomic E-state index is 12.7. The van der Waals surface area contributed by atoms with E-state index in [9.17, 15) is 64.6 Å². The summed E-state index contributed by atoms with van der Waals surface area (Å²) in [6, 6.07) is 0. The summed E-state index contributed by atoms with van der Waals surface area (Å²) in [7, 11) is -11.3. The van der Waals surface area contributed by atoms with Crippen molar-refractivity contribution in [3.63, 3.8) is 0 Å². The van der Waals surface area contributed by atoms with Crippen molar-refractivity contribution >= 4 is 32.8 Å². The number of H-pyrrole nitrogens is 1. The Morgan fingerprint density at radius 1 is 0.741 bits per heavy atom. The predicted molar refractivity (Wildman–Crippen MR) is 184 cm³/mol. The third-order valence-electron chi connectivity index (χ3n) is 8.55. The molecule has 2 unspecified atom stereocenters. The molecule has 30 nitrogen and oxygen atoms in total. The molecule has 16 atom stereocenters. The fraction of sp³-hybridized carbons (Fsp3) is 0.808. The molecule has 20 N–H and O–H groups in total. The number of rotatable bonds is 18. The zero-order valence-corrected chi connectivity index (χ0v) is 31.9. The number of ether oxygens (including phenoxy) is 6. The molecule has 0 spiro atoms. The van der Waals surface area contributed by atoms with Crippen molar-refractivity contribution in [2.75, 3.05) is 52.0 Å². The van der Waals surface area contributed by atoms with E-state index in [1.54, 1.807) is 0 Å². The number of aromatic amines is 1. The molecule has 3 aliphatic heterocycles. The van der Waals surface area contributed by atoms with Gasteiger partial charge in [0.05, 0.1) is 52.6 Å². The van der Waals surface area contributed by atoms with Crippen molar-refractivity contribution < 1.29 is 107 Å². The first-order chi connectivity index (χ1) is 26.3. The van der Waals surface area contributed by atoms with E-state index in [2.05, 4.69) is 28.3 Å². The number of nitrogens with one attached hydrogen (secondary N) is 1. The summed E-state index contributed by atoms with van der Waals surface area (Å²) in [6.07, 6.45) is -22.8. The van der Waals surface area contributed by atoms with Gasteiger partial charge in [0.15, 0.2) is 30.0 Å². The minimum atomic E-state index is -5.73. The number of nitrogens with two attached hydrogens (primary N) is 1. The van der Waals surface area contributed by atoms with Crippen molar-refractivity contribution in [3.05, 3.63) is 16.7 Å². The maximum absolute atomic E-state index is 12.7. The number of hydrogen-bond acceptors (Lipinski definition) is 26. The highest BCUT2D eigenvalue weighted by Gasteiger charge is 2.50. The summed E-state index contributed by atoms with van der Waals surface area (Å²) >= 11 is 0. The highest BCUT2D eigenvalue weighted by Crippen LogP contribution is 2.61. The SMILES string of the molecule is N.N.Nc1nc2c(ncn2[C@@H]2O[C@H](COP(=O)(O)OP(=O)(O)O[C@H]3O[C@@H](COCCOC[C@H]4O[C@@H](OCCO)[C@H](O)[C@@H](O)[C@H]4O)[C@@H](O)[C@@H](O)[C@@H]3O)[C@@H](O)[C@H]2O)c(=O)[nH]1. The molecular formula is C26H49N7O23P2. The van der Waals surface area contributed by atoms with Crippen LogP contribution in [0, 0.1) is 0 Å². The number of imidazole rings is 1. The third-order valence-corrected chi connectivity index (χ3v) is 11.2. The van der Waals surface area contributed by atoms with Crippen LogP contribution in [0.25, 0.3) is 11.2 Å². The Bertz CT molecular complexity index is 1760. The summed E-state index contributed by atoms with van der Waals surface area (Å²) in [6.45, 7) is -2.96. The lowest BCUT2D eigenvalue weighted by atomic mass is 9.99. The van der Waals surface area contributed by atoms with E-state index < -0.39 is 127 Å². The second kappa shape index (κ2) is 21.0. The van der Waals surface area contributed by atoms with E-state index in [-0.39, 0.29) is 55.8 Å². The van der Waals surface area contributed by atoms with Gasteiger partial charge >= 0.3 is 15.6 Å². The molecule has 0 saturated carbocycles. The molecule has 2 aromatic rings. The van der Waals surface area contributed by atoms with Gasteiger partial charge in [0.2, 0.25) is 5.95 Å². The number of aliphatic hydroxyl groups excluding tert-OH is 9. The average molecular weight is 890 g/mol. The van der Waals surface area contributed by atoms with E-state index in [0.717, 1.165) is 10.9 Å². The molecule has 3 fully saturated rings. The van der Waals surface area contributed by atoms with Gasteiger partial charge in [-0.15, -0.1) is 0 Å². The molecular weight excluding hydrogens is 840 g/mol. The van der Waals surface area contributed by atoms with E-state index in [4.69, 9.17) is 39.3 Å². The Morgan fingerprint density at radius 2 is 1.28 bits per heavy atom. The smallest absolute Gasteiger partial charge is 0.394 e. The van der Waals surface area contributed by atoms with Crippen molar-refractivity contribution in [2.45, 2.75) is 86.0 Å². The lowest BCUT2D eigenvalue weighted by Crippen LogP contribution is -2.59. The Labute approximate surface area is 325 Å². The number of nitrogens with zero attached hydrogens (tertiary/aromatic N) is 3. The average Bonchev–Trinajstić information content (AvgIpc) is 3.67. The van der Waals surface area contributed by atoms with Gasteiger partial charge < -0.3 is 102 Å². The first-order valence-corrected chi connectivity index (χ1v) is 19.5. The summed E-state index contributed by atoms with van der Waals surface area (Å²) in [5, 5.41) is 91.1. The van der Waals surface area contributed by atoms with Gasteiger partial charge in [0.1, 0.15) is 67.1 Å². The Kier molecular flexibility index (Phi) is 18.1. The summed E-state index contributed by atoms with van der Waals surface area (Å²) < 4.78 is 71.8. The molecule has 5 heterocycles. The first-order valence-electron chi connectivity index (χ1n) is 16.5. The van der Waals surface area contributed by atoms with Crippen LogP contribution < -0.4 is 23.6 Å². The number of hydrogen-bond donors (Lipinski definition) is 15. The summed E-state index contributed by atoms with van der Waals surface area (Å²) in [5.74, 6) is -0.300. The molecule has 0 radical (unpaired) electrons. The second-order valence-electron chi connectivity index (χ2n) is 12.5. The number of phosphoric ester groups is 2. The highest BCUT2D eigenvalue weighted by atomic mass is 31.3. The van der Waals surface area contributed by atoms with E-state index >= 15 is 0 Å². The lowest BCUT2D eigenvalue weighted by molar-refractivity contribution is -0.304. The molecule has 3 saturated heterocycles. The van der Waals surface area contributed by atoms with E-state index in [1.165, 1.54) is 0 Å². The monoisotopic (exact) mass is 889 g/mol. The molecule has 3 aliphatic rings. The van der Waals surface area contributed by atoms with Gasteiger partial charge in [0.25, 0.3) is 5.56 Å². The van der Waals surface area contributed by atoms with Gasteiger partial charge in [-0.1, -0.05) is 0 Å².